The Morgan fingerprint density at radius 2 is 1.70 bits per heavy atom. The molecule has 0 unspecified atom stereocenters. The number of carbonyl (C=O) groups excluding carboxylic acids is 1. The van der Waals surface area contributed by atoms with Gasteiger partial charge in [0, 0.05) is 31.8 Å². The highest BCUT2D eigenvalue weighted by Gasteiger charge is 2.35. The van der Waals surface area contributed by atoms with E-state index in [4.69, 9.17) is 4.74 Å². The maximum absolute atomic E-state index is 12.5. The summed E-state index contributed by atoms with van der Waals surface area (Å²) in [7, 11) is 0. The normalized spacial score (nSPS) is 29.6. The predicted molar refractivity (Wildman–Crippen MR) is 78.7 cm³/mol. The summed E-state index contributed by atoms with van der Waals surface area (Å²) in [5.41, 5.74) is 0. The van der Waals surface area contributed by atoms with Crippen LogP contribution in [-0.2, 0) is 4.74 Å². The van der Waals surface area contributed by atoms with E-state index in [0.717, 1.165) is 38.5 Å². The van der Waals surface area contributed by atoms with Gasteiger partial charge in [0.2, 0.25) is 0 Å². The molecule has 0 aromatic carbocycles. The number of amides is 2. The van der Waals surface area contributed by atoms with Crippen LogP contribution in [0, 0.1) is 5.92 Å². The zero-order valence-electron chi connectivity index (χ0n) is 12.5. The van der Waals surface area contributed by atoms with Crippen LogP contribution in [0.3, 0.4) is 0 Å². The second kappa shape index (κ2) is 6.79. The molecule has 3 fully saturated rings. The lowest BCUT2D eigenvalue weighted by Crippen LogP contribution is -2.50. The number of rotatable bonds is 2. The lowest BCUT2D eigenvalue weighted by molar-refractivity contribution is 0.0766. The number of nitrogens with one attached hydrogen (secondary N) is 1. The maximum atomic E-state index is 12.5. The van der Waals surface area contributed by atoms with Gasteiger partial charge in [-0.3, -0.25) is 0 Å². The van der Waals surface area contributed by atoms with Crippen LogP contribution in [0.5, 0.6) is 0 Å². The number of urea groups is 1. The molecule has 1 aliphatic carbocycles. The molecule has 2 saturated heterocycles. The van der Waals surface area contributed by atoms with Crippen molar-refractivity contribution in [2.45, 2.75) is 69.9 Å². The number of hydrogen-bond acceptors (Lipinski definition) is 2. The predicted octanol–water partition coefficient (Wildman–Crippen LogP) is 2.92. The Labute approximate surface area is 122 Å². The van der Waals surface area contributed by atoms with Crippen LogP contribution in [-0.4, -0.2) is 42.8 Å². The van der Waals surface area contributed by atoms with Crippen molar-refractivity contribution >= 4 is 6.03 Å². The van der Waals surface area contributed by atoms with Crippen LogP contribution in [0.4, 0.5) is 4.79 Å². The minimum Gasteiger partial charge on any atom is -0.381 e. The summed E-state index contributed by atoms with van der Waals surface area (Å²) in [6.07, 6.45) is 11.1. The Hall–Kier alpha value is -0.770. The van der Waals surface area contributed by atoms with Crippen molar-refractivity contribution in [2.24, 2.45) is 5.92 Å². The van der Waals surface area contributed by atoms with Gasteiger partial charge in [0.05, 0.1) is 0 Å². The molecule has 4 nitrogen and oxygen atoms in total. The van der Waals surface area contributed by atoms with Gasteiger partial charge in [0.1, 0.15) is 0 Å². The Morgan fingerprint density at radius 3 is 2.45 bits per heavy atom. The van der Waals surface area contributed by atoms with Crippen LogP contribution in [0.1, 0.15) is 57.8 Å². The monoisotopic (exact) mass is 280 g/mol. The van der Waals surface area contributed by atoms with E-state index < -0.39 is 0 Å². The lowest BCUT2D eigenvalue weighted by atomic mass is 9.83. The Morgan fingerprint density at radius 1 is 0.950 bits per heavy atom. The number of carbonyl (C=O) groups is 1. The van der Waals surface area contributed by atoms with E-state index >= 15 is 0 Å². The standard InChI is InChI=1S/C16H28N2O2/c19-16(17-14-8-11-20-12-9-14)18-10-4-7-15(18)13-5-2-1-3-6-13/h13-15H,1-12H2,(H,17,19)/t15-/m1/s1. The summed E-state index contributed by atoms with van der Waals surface area (Å²) in [5, 5.41) is 3.24. The largest absolute Gasteiger partial charge is 0.381 e. The van der Waals surface area contributed by atoms with E-state index in [-0.39, 0.29) is 6.03 Å². The summed E-state index contributed by atoms with van der Waals surface area (Å²) in [6.45, 7) is 2.53. The average Bonchev–Trinajstić information content (AvgIpc) is 2.99. The van der Waals surface area contributed by atoms with E-state index in [1.807, 2.05) is 0 Å². The zero-order valence-corrected chi connectivity index (χ0v) is 12.5. The van der Waals surface area contributed by atoms with Crippen molar-refractivity contribution in [1.29, 1.82) is 0 Å². The van der Waals surface area contributed by atoms with Gasteiger partial charge in [-0.1, -0.05) is 19.3 Å². The fraction of sp³-hybridized carbons (Fsp3) is 0.938. The molecule has 0 spiro atoms. The smallest absolute Gasteiger partial charge is 0.317 e. The zero-order chi connectivity index (χ0) is 13.8. The lowest BCUT2D eigenvalue weighted by Gasteiger charge is -2.35. The highest BCUT2D eigenvalue weighted by Crippen LogP contribution is 2.34. The van der Waals surface area contributed by atoms with Crippen LogP contribution >= 0.6 is 0 Å². The fourth-order valence-corrected chi connectivity index (χ4v) is 4.15. The first kappa shape index (κ1) is 14.2. The fourth-order valence-electron chi connectivity index (χ4n) is 4.15. The molecule has 2 aliphatic heterocycles. The molecular weight excluding hydrogens is 252 g/mol. The molecule has 1 N–H and O–H groups in total. The SMILES string of the molecule is O=C(NC1CCOCC1)N1CCC[C@@H]1C1CCCCC1. The quantitative estimate of drug-likeness (QED) is 0.845. The molecule has 3 rings (SSSR count). The number of ether oxygens (including phenoxy) is 1. The summed E-state index contributed by atoms with van der Waals surface area (Å²) in [6, 6.07) is 1.02. The van der Waals surface area contributed by atoms with Gasteiger partial charge in [-0.15, -0.1) is 0 Å². The third kappa shape index (κ3) is 3.27. The van der Waals surface area contributed by atoms with Crippen LogP contribution in [0.15, 0.2) is 0 Å². The maximum Gasteiger partial charge on any atom is 0.317 e. The molecule has 0 bridgehead atoms. The highest BCUT2D eigenvalue weighted by molar-refractivity contribution is 5.75. The van der Waals surface area contributed by atoms with Gasteiger partial charge in [-0.25, -0.2) is 4.79 Å². The molecule has 2 amide bonds. The number of nitrogens with zero attached hydrogens (tertiary/aromatic N) is 1. The summed E-state index contributed by atoms with van der Waals surface area (Å²) < 4.78 is 5.36. The Kier molecular flexibility index (Phi) is 4.81. The molecule has 0 aromatic heterocycles. The molecule has 1 saturated carbocycles. The van der Waals surface area contributed by atoms with E-state index in [9.17, 15) is 4.79 Å². The molecule has 114 valence electrons. The first-order chi connectivity index (χ1) is 9.84. The molecule has 0 aromatic rings. The third-order valence-corrected chi connectivity index (χ3v) is 5.30. The van der Waals surface area contributed by atoms with Crippen LogP contribution in [0.2, 0.25) is 0 Å². The van der Waals surface area contributed by atoms with Crippen molar-refractivity contribution in [2.75, 3.05) is 19.8 Å². The van der Waals surface area contributed by atoms with E-state index in [0.29, 0.717) is 12.1 Å². The molecular formula is C16H28N2O2. The van der Waals surface area contributed by atoms with Crippen molar-refractivity contribution in [1.82, 2.24) is 10.2 Å². The van der Waals surface area contributed by atoms with Crippen molar-refractivity contribution < 1.29 is 9.53 Å². The highest BCUT2D eigenvalue weighted by atomic mass is 16.5. The van der Waals surface area contributed by atoms with Gasteiger partial charge in [0.25, 0.3) is 0 Å². The van der Waals surface area contributed by atoms with Gasteiger partial charge in [0.15, 0.2) is 0 Å². The molecule has 2 heterocycles. The average molecular weight is 280 g/mol. The molecule has 4 heteroatoms. The molecule has 3 aliphatic rings. The topological polar surface area (TPSA) is 41.6 Å². The van der Waals surface area contributed by atoms with Crippen molar-refractivity contribution in [3.8, 4) is 0 Å². The first-order valence-electron chi connectivity index (χ1n) is 8.49. The minimum absolute atomic E-state index is 0.185. The summed E-state index contributed by atoms with van der Waals surface area (Å²) in [5.74, 6) is 0.756. The van der Waals surface area contributed by atoms with Crippen molar-refractivity contribution in [3.63, 3.8) is 0 Å². The molecule has 1 atom stereocenters. The Balaban J connectivity index is 1.55. The van der Waals surface area contributed by atoms with E-state index in [1.54, 1.807) is 0 Å². The summed E-state index contributed by atoms with van der Waals surface area (Å²) in [4.78, 5) is 14.7. The van der Waals surface area contributed by atoms with E-state index in [1.165, 1.54) is 44.9 Å². The van der Waals surface area contributed by atoms with Gasteiger partial charge in [-0.2, -0.15) is 0 Å². The second-order valence-electron chi connectivity index (χ2n) is 6.64. The van der Waals surface area contributed by atoms with Crippen LogP contribution in [0.25, 0.3) is 0 Å². The van der Waals surface area contributed by atoms with Crippen molar-refractivity contribution in [3.05, 3.63) is 0 Å². The second-order valence-corrected chi connectivity index (χ2v) is 6.64. The Bertz CT molecular complexity index is 322. The van der Waals surface area contributed by atoms with Gasteiger partial charge < -0.3 is 15.0 Å². The molecule has 0 radical (unpaired) electrons. The van der Waals surface area contributed by atoms with E-state index in [2.05, 4.69) is 10.2 Å². The minimum atomic E-state index is 0.185. The number of likely N-dealkylation sites (tertiary alicyclic amines) is 1. The van der Waals surface area contributed by atoms with Crippen LogP contribution < -0.4 is 5.32 Å². The van der Waals surface area contributed by atoms with Gasteiger partial charge in [-0.05, 0) is 44.4 Å². The van der Waals surface area contributed by atoms with Gasteiger partial charge >= 0.3 is 6.03 Å². The first-order valence-corrected chi connectivity index (χ1v) is 8.49. The number of hydrogen-bond donors (Lipinski definition) is 1. The molecule has 20 heavy (non-hydrogen) atoms. The summed E-state index contributed by atoms with van der Waals surface area (Å²) >= 11 is 0. The third-order valence-electron chi connectivity index (χ3n) is 5.30.